The van der Waals surface area contributed by atoms with Crippen molar-refractivity contribution in [3.8, 4) is 0 Å². The third-order valence-electron chi connectivity index (χ3n) is 3.07. The van der Waals surface area contributed by atoms with Crippen LogP contribution in [0.2, 0.25) is 0 Å². The van der Waals surface area contributed by atoms with Gasteiger partial charge in [-0.3, -0.25) is 4.79 Å². The Hall–Kier alpha value is -1.75. The number of carbonyl (C=O) groups is 1. The normalized spacial score (nSPS) is 10.1. The summed E-state index contributed by atoms with van der Waals surface area (Å²) in [6.45, 7) is 5.01. The van der Waals surface area contributed by atoms with Crippen LogP contribution in [-0.2, 0) is 11.8 Å². The third kappa shape index (κ3) is 3.42. The number of nitrogens with zero attached hydrogens (tertiary/aromatic N) is 1. The van der Waals surface area contributed by atoms with E-state index < -0.39 is 5.97 Å². The van der Waals surface area contributed by atoms with Gasteiger partial charge in [-0.25, -0.2) is 0 Å². The number of carboxylic acid groups (broad SMARTS) is 1. The Morgan fingerprint density at radius 2 is 1.90 bits per heavy atom. The van der Waals surface area contributed by atoms with E-state index in [-0.39, 0.29) is 0 Å². The molecule has 0 saturated heterocycles. The maximum Gasteiger partial charge on any atom is 0.300 e. The predicted molar refractivity (Wildman–Crippen MR) is 85.2 cm³/mol. The van der Waals surface area contributed by atoms with Crippen LogP contribution < -0.4 is 0 Å². The number of thioether (sulfide) groups is 1. The van der Waals surface area contributed by atoms with Crippen LogP contribution >= 0.6 is 11.8 Å². The van der Waals surface area contributed by atoms with Crippen molar-refractivity contribution in [1.82, 2.24) is 4.57 Å². The molecule has 2 aromatic rings. The van der Waals surface area contributed by atoms with E-state index in [1.165, 1.54) is 21.5 Å². The fraction of sp³-hybridized carbons (Fsp3) is 0.333. The summed E-state index contributed by atoms with van der Waals surface area (Å²) in [5.74, 6) is -0.833. The quantitative estimate of drug-likeness (QED) is 0.655. The van der Waals surface area contributed by atoms with E-state index in [1.807, 2.05) is 6.92 Å². The van der Waals surface area contributed by atoms with E-state index in [0.717, 1.165) is 12.5 Å². The lowest BCUT2D eigenvalue weighted by Crippen LogP contribution is -1.96. The van der Waals surface area contributed by atoms with Crippen molar-refractivity contribution in [3.63, 3.8) is 0 Å². The summed E-state index contributed by atoms with van der Waals surface area (Å²) in [5.41, 5.74) is 4.09. The molecule has 4 nitrogen and oxygen atoms in total. The second-order valence-corrected chi connectivity index (χ2v) is 5.43. The highest BCUT2D eigenvalue weighted by Crippen LogP contribution is 2.28. The van der Waals surface area contributed by atoms with Gasteiger partial charge in [0.15, 0.2) is 0 Å². The van der Waals surface area contributed by atoms with Crippen molar-refractivity contribution in [2.75, 3.05) is 6.26 Å². The zero-order valence-electron chi connectivity index (χ0n) is 12.4. The molecule has 0 saturated carbocycles. The zero-order valence-corrected chi connectivity index (χ0v) is 13.3. The number of aromatic nitrogens is 1. The Labute approximate surface area is 123 Å². The van der Waals surface area contributed by atoms with Crippen molar-refractivity contribution in [2.45, 2.75) is 25.7 Å². The SMILES string of the molecule is CC(=O)O.CSc1ccc2c(c1)c(C(C)=N)c(C)n2C. The van der Waals surface area contributed by atoms with Gasteiger partial charge < -0.3 is 15.1 Å². The van der Waals surface area contributed by atoms with E-state index in [9.17, 15) is 0 Å². The summed E-state index contributed by atoms with van der Waals surface area (Å²) in [6.07, 6.45) is 2.08. The molecule has 0 amide bonds. The minimum absolute atomic E-state index is 0.640. The number of nitrogens with one attached hydrogen (secondary N) is 1. The maximum atomic E-state index is 9.00. The molecular weight excluding hydrogens is 272 g/mol. The molecule has 2 N–H and O–H groups in total. The van der Waals surface area contributed by atoms with Crippen molar-refractivity contribution in [1.29, 1.82) is 5.41 Å². The fourth-order valence-corrected chi connectivity index (χ4v) is 2.59. The molecule has 20 heavy (non-hydrogen) atoms. The van der Waals surface area contributed by atoms with E-state index >= 15 is 0 Å². The Kier molecular flexibility index (Phi) is 5.39. The van der Waals surface area contributed by atoms with Crippen molar-refractivity contribution >= 4 is 34.3 Å². The summed E-state index contributed by atoms with van der Waals surface area (Å²) in [5, 5.41) is 16.5. The highest BCUT2D eigenvalue weighted by molar-refractivity contribution is 7.98. The van der Waals surface area contributed by atoms with Gasteiger partial charge in [-0.2, -0.15) is 0 Å². The Balaban J connectivity index is 0.000000444. The van der Waals surface area contributed by atoms with E-state index in [0.29, 0.717) is 5.71 Å². The van der Waals surface area contributed by atoms with Crippen LogP contribution in [0.15, 0.2) is 23.1 Å². The van der Waals surface area contributed by atoms with E-state index in [1.54, 1.807) is 11.8 Å². The molecule has 0 unspecified atom stereocenters. The molecule has 5 heteroatoms. The summed E-state index contributed by atoms with van der Waals surface area (Å²) >= 11 is 1.74. The molecule has 1 aromatic carbocycles. The van der Waals surface area contributed by atoms with Crippen molar-refractivity contribution < 1.29 is 9.90 Å². The van der Waals surface area contributed by atoms with E-state index in [4.69, 9.17) is 15.3 Å². The lowest BCUT2D eigenvalue weighted by atomic mass is 10.1. The van der Waals surface area contributed by atoms with Crippen LogP contribution in [0, 0.1) is 12.3 Å². The number of carboxylic acids is 1. The number of rotatable bonds is 2. The highest BCUT2D eigenvalue weighted by Gasteiger charge is 2.13. The molecule has 0 fully saturated rings. The first kappa shape index (κ1) is 16.3. The van der Waals surface area contributed by atoms with Gasteiger partial charge in [0, 0.05) is 46.7 Å². The highest BCUT2D eigenvalue weighted by atomic mass is 32.2. The molecule has 2 rings (SSSR count). The monoisotopic (exact) mass is 292 g/mol. The van der Waals surface area contributed by atoms with Gasteiger partial charge in [0.25, 0.3) is 5.97 Å². The van der Waals surface area contributed by atoms with Crippen molar-refractivity contribution in [3.05, 3.63) is 29.5 Å². The van der Waals surface area contributed by atoms with Crippen LogP contribution in [0.3, 0.4) is 0 Å². The average Bonchev–Trinajstić information content (AvgIpc) is 2.60. The van der Waals surface area contributed by atoms with Gasteiger partial charge in [-0.05, 0) is 38.3 Å². The number of aryl methyl sites for hydroxylation is 1. The third-order valence-corrected chi connectivity index (χ3v) is 3.80. The Morgan fingerprint density at radius 3 is 2.35 bits per heavy atom. The molecule has 0 spiro atoms. The Morgan fingerprint density at radius 1 is 1.35 bits per heavy atom. The zero-order chi connectivity index (χ0) is 15.4. The second-order valence-electron chi connectivity index (χ2n) is 4.55. The number of hydrogen-bond acceptors (Lipinski definition) is 3. The molecule has 1 aromatic heterocycles. The number of benzene rings is 1. The van der Waals surface area contributed by atoms with Gasteiger partial charge in [0.05, 0.1) is 0 Å². The lowest BCUT2D eigenvalue weighted by molar-refractivity contribution is -0.134. The standard InChI is InChI=1S/C13H16N2S.C2H4O2/c1-8(14)13-9(2)15(3)12-6-5-10(16-4)7-11(12)13;1-2(3)4/h5-7,14H,1-4H3;1H3,(H,3,4). The molecule has 0 aliphatic carbocycles. The summed E-state index contributed by atoms with van der Waals surface area (Å²) < 4.78 is 2.16. The van der Waals surface area contributed by atoms with Gasteiger partial charge in [0.2, 0.25) is 0 Å². The first-order valence-electron chi connectivity index (χ1n) is 6.17. The summed E-state index contributed by atoms with van der Waals surface area (Å²) in [4.78, 5) is 10.3. The van der Waals surface area contributed by atoms with Crippen LogP contribution in [-0.4, -0.2) is 27.6 Å². The maximum absolute atomic E-state index is 9.00. The number of aliphatic carboxylic acids is 1. The average molecular weight is 292 g/mol. The molecule has 0 bridgehead atoms. The van der Waals surface area contributed by atoms with Gasteiger partial charge in [-0.15, -0.1) is 11.8 Å². The first-order chi connectivity index (χ1) is 9.29. The predicted octanol–water partition coefficient (Wildman–Crippen LogP) is 3.69. The smallest absolute Gasteiger partial charge is 0.300 e. The molecule has 0 radical (unpaired) electrons. The topological polar surface area (TPSA) is 66.1 Å². The Bertz CT molecular complexity index is 655. The van der Waals surface area contributed by atoms with Crippen LogP contribution in [0.1, 0.15) is 25.1 Å². The largest absolute Gasteiger partial charge is 0.481 e. The molecule has 0 atom stereocenters. The molecule has 1 heterocycles. The fourth-order valence-electron chi connectivity index (χ4n) is 2.15. The van der Waals surface area contributed by atoms with Crippen LogP contribution in [0.25, 0.3) is 10.9 Å². The molecule has 0 aliphatic rings. The minimum Gasteiger partial charge on any atom is -0.481 e. The van der Waals surface area contributed by atoms with Gasteiger partial charge in [-0.1, -0.05) is 0 Å². The van der Waals surface area contributed by atoms with E-state index in [2.05, 4.69) is 43.0 Å². The van der Waals surface area contributed by atoms with Crippen molar-refractivity contribution in [2.24, 2.45) is 7.05 Å². The molecular formula is C15H20N2O2S. The van der Waals surface area contributed by atoms with Gasteiger partial charge >= 0.3 is 0 Å². The number of fused-ring (bicyclic) bond motifs is 1. The molecule has 108 valence electrons. The summed E-state index contributed by atoms with van der Waals surface area (Å²) in [7, 11) is 2.06. The van der Waals surface area contributed by atoms with Gasteiger partial charge in [0.1, 0.15) is 0 Å². The lowest BCUT2D eigenvalue weighted by Gasteiger charge is -1.99. The van der Waals surface area contributed by atoms with Crippen LogP contribution in [0.4, 0.5) is 0 Å². The summed E-state index contributed by atoms with van der Waals surface area (Å²) in [6, 6.07) is 6.45. The minimum atomic E-state index is -0.833. The second kappa shape index (κ2) is 6.61. The first-order valence-corrected chi connectivity index (χ1v) is 7.40. The number of hydrogen-bond donors (Lipinski definition) is 2. The van der Waals surface area contributed by atoms with Crippen LogP contribution in [0.5, 0.6) is 0 Å². The molecule has 0 aliphatic heterocycles.